The van der Waals surface area contributed by atoms with Gasteiger partial charge in [0.15, 0.2) is 0 Å². The molecule has 2 heterocycles. The van der Waals surface area contributed by atoms with Crippen LogP contribution in [0.5, 0.6) is 5.75 Å². The summed E-state index contributed by atoms with van der Waals surface area (Å²) >= 11 is 5.96. The first-order valence-corrected chi connectivity index (χ1v) is 10.3. The molecule has 0 unspecified atom stereocenters. The van der Waals surface area contributed by atoms with Gasteiger partial charge in [-0.2, -0.15) is 5.10 Å². The maximum atomic E-state index is 13.1. The van der Waals surface area contributed by atoms with E-state index in [1.54, 1.807) is 13.2 Å². The third-order valence-electron chi connectivity index (χ3n) is 5.51. The van der Waals surface area contributed by atoms with Gasteiger partial charge in [0, 0.05) is 30.2 Å². The maximum Gasteiger partial charge on any atom is 0.272 e. The Morgan fingerprint density at radius 3 is 2.57 bits per heavy atom. The van der Waals surface area contributed by atoms with Crippen molar-refractivity contribution in [1.82, 2.24) is 15.1 Å². The van der Waals surface area contributed by atoms with Crippen LogP contribution in [-0.4, -0.2) is 53.3 Å². The lowest BCUT2D eigenvalue weighted by Gasteiger charge is -2.48. The number of carbonyl (C=O) groups is 1. The summed E-state index contributed by atoms with van der Waals surface area (Å²) in [6.07, 6.45) is 0. The Kier molecular flexibility index (Phi) is 5.43. The topological polar surface area (TPSA) is 61.5 Å². The number of methoxy groups -OCH3 is 1. The van der Waals surface area contributed by atoms with E-state index in [9.17, 15) is 4.79 Å². The molecule has 1 aliphatic rings. The molecule has 156 valence electrons. The zero-order valence-electron chi connectivity index (χ0n) is 17.4. The lowest BCUT2D eigenvalue weighted by atomic mass is 9.97. The smallest absolute Gasteiger partial charge is 0.272 e. The summed E-state index contributed by atoms with van der Waals surface area (Å²) in [5.41, 5.74) is 2.92. The van der Waals surface area contributed by atoms with E-state index in [-0.39, 0.29) is 11.4 Å². The molecule has 0 spiro atoms. The summed E-state index contributed by atoms with van der Waals surface area (Å²) in [7, 11) is 1.68. The summed E-state index contributed by atoms with van der Waals surface area (Å²) in [5.74, 6) is 0.794. The first-order valence-electron chi connectivity index (χ1n) is 9.90. The number of rotatable bonds is 4. The molecular formula is C23H25ClN4O2. The van der Waals surface area contributed by atoms with Gasteiger partial charge in [0.25, 0.3) is 5.91 Å². The molecule has 1 saturated heterocycles. The highest BCUT2D eigenvalue weighted by Gasteiger charge is 2.37. The molecule has 7 heteroatoms. The van der Waals surface area contributed by atoms with Crippen molar-refractivity contribution < 1.29 is 9.53 Å². The predicted molar refractivity (Wildman–Crippen MR) is 119 cm³/mol. The number of anilines is 1. The van der Waals surface area contributed by atoms with Crippen LogP contribution in [-0.2, 0) is 0 Å². The van der Waals surface area contributed by atoms with Crippen LogP contribution in [0.3, 0.4) is 0 Å². The molecule has 0 aliphatic carbocycles. The second-order valence-corrected chi connectivity index (χ2v) is 8.47. The molecular weight excluding hydrogens is 400 g/mol. The first-order chi connectivity index (χ1) is 14.4. The molecule has 4 rings (SSSR count). The fraction of sp³-hybridized carbons (Fsp3) is 0.304. The monoisotopic (exact) mass is 424 g/mol. The van der Waals surface area contributed by atoms with Crippen LogP contribution in [0.15, 0.2) is 54.6 Å². The van der Waals surface area contributed by atoms with Gasteiger partial charge in [0.1, 0.15) is 11.4 Å². The van der Waals surface area contributed by atoms with Crippen molar-refractivity contribution in [2.45, 2.75) is 19.4 Å². The van der Waals surface area contributed by atoms with Gasteiger partial charge >= 0.3 is 0 Å². The number of para-hydroxylation sites is 2. The average Bonchev–Trinajstić information content (AvgIpc) is 3.23. The van der Waals surface area contributed by atoms with E-state index >= 15 is 0 Å². The molecule has 6 nitrogen and oxygen atoms in total. The number of hydrogen-bond donors (Lipinski definition) is 1. The number of nitrogens with zero attached hydrogens (tertiary/aromatic N) is 3. The Morgan fingerprint density at radius 2 is 1.87 bits per heavy atom. The number of ether oxygens (including phenoxy) is 1. The van der Waals surface area contributed by atoms with Crippen molar-refractivity contribution in [2.75, 3.05) is 31.6 Å². The highest BCUT2D eigenvalue weighted by Crippen LogP contribution is 2.35. The number of carbonyl (C=O) groups excluding carboxylic acids is 1. The summed E-state index contributed by atoms with van der Waals surface area (Å²) in [6.45, 7) is 6.22. The Hall–Kier alpha value is -2.99. The van der Waals surface area contributed by atoms with Crippen LogP contribution in [0.1, 0.15) is 24.3 Å². The van der Waals surface area contributed by atoms with Crippen LogP contribution in [0.2, 0.25) is 5.02 Å². The van der Waals surface area contributed by atoms with Crippen LogP contribution in [0.4, 0.5) is 5.69 Å². The highest BCUT2D eigenvalue weighted by molar-refractivity contribution is 6.30. The standard InChI is InChI=1S/C23H25ClN4O2/c1-23(2)15-27(12-13-28(23)20-6-4-5-7-21(20)30-3)22(29)19-14-18(25-26-19)16-8-10-17(24)11-9-16/h4-11,14H,12-13,15H2,1-3H3,(H,25,26). The number of piperazine rings is 1. The Labute approximate surface area is 181 Å². The van der Waals surface area contributed by atoms with Gasteiger partial charge < -0.3 is 14.5 Å². The minimum atomic E-state index is -0.248. The molecule has 0 atom stereocenters. The van der Waals surface area contributed by atoms with E-state index in [0.29, 0.717) is 23.8 Å². The number of aromatic nitrogens is 2. The lowest BCUT2D eigenvalue weighted by molar-refractivity contribution is 0.0680. The molecule has 1 amide bonds. The number of halogens is 1. The largest absolute Gasteiger partial charge is 0.495 e. The molecule has 2 aromatic carbocycles. The number of H-pyrrole nitrogens is 1. The van der Waals surface area contributed by atoms with Gasteiger partial charge in [0.05, 0.1) is 24.0 Å². The summed E-state index contributed by atoms with van der Waals surface area (Å²) in [4.78, 5) is 17.3. The Balaban J connectivity index is 1.51. The summed E-state index contributed by atoms with van der Waals surface area (Å²) < 4.78 is 5.54. The van der Waals surface area contributed by atoms with E-state index < -0.39 is 0 Å². The summed E-state index contributed by atoms with van der Waals surface area (Å²) in [5, 5.41) is 7.88. The fourth-order valence-corrected chi connectivity index (χ4v) is 4.12. The zero-order chi connectivity index (χ0) is 21.3. The number of amides is 1. The van der Waals surface area contributed by atoms with E-state index in [1.807, 2.05) is 47.4 Å². The lowest BCUT2D eigenvalue weighted by Crippen LogP contribution is -2.60. The highest BCUT2D eigenvalue weighted by atomic mass is 35.5. The molecule has 3 aromatic rings. The van der Waals surface area contributed by atoms with Crippen LogP contribution in [0, 0.1) is 0 Å². The third-order valence-corrected chi connectivity index (χ3v) is 5.77. The molecule has 1 fully saturated rings. The van der Waals surface area contributed by atoms with Gasteiger partial charge in [0.2, 0.25) is 0 Å². The minimum absolute atomic E-state index is 0.0459. The maximum absolute atomic E-state index is 13.1. The molecule has 1 aliphatic heterocycles. The van der Waals surface area contributed by atoms with Gasteiger partial charge in [-0.15, -0.1) is 0 Å². The van der Waals surface area contributed by atoms with Crippen LogP contribution in [0.25, 0.3) is 11.3 Å². The summed E-state index contributed by atoms with van der Waals surface area (Å²) in [6, 6.07) is 17.2. The van der Waals surface area contributed by atoms with Gasteiger partial charge in [-0.25, -0.2) is 0 Å². The van der Waals surface area contributed by atoms with E-state index in [4.69, 9.17) is 16.3 Å². The number of nitrogens with one attached hydrogen (secondary N) is 1. The second kappa shape index (κ2) is 8.03. The molecule has 0 saturated carbocycles. The quantitative estimate of drug-likeness (QED) is 0.670. The average molecular weight is 425 g/mol. The third kappa shape index (κ3) is 3.87. The zero-order valence-corrected chi connectivity index (χ0v) is 18.1. The molecule has 0 bridgehead atoms. The molecule has 1 N–H and O–H groups in total. The van der Waals surface area contributed by atoms with Crippen molar-refractivity contribution in [3.8, 4) is 17.0 Å². The van der Waals surface area contributed by atoms with E-state index in [0.717, 1.165) is 29.2 Å². The molecule has 30 heavy (non-hydrogen) atoms. The second-order valence-electron chi connectivity index (χ2n) is 8.04. The normalized spacial score (nSPS) is 15.9. The minimum Gasteiger partial charge on any atom is -0.495 e. The number of benzene rings is 2. The van der Waals surface area contributed by atoms with E-state index in [2.05, 4.69) is 35.0 Å². The Bertz CT molecular complexity index is 1050. The van der Waals surface area contributed by atoms with Gasteiger partial charge in [-0.1, -0.05) is 35.9 Å². The van der Waals surface area contributed by atoms with Crippen molar-refractivity contribution in [1.29, 1.82) is 0 Å². The van der Waals surface area contributed by atoms with Crippen LogP contribution >= 0.6 is 11.6 Å². The Morgan fingerprint density at radius 1 is 1.13 bits per heavy atom. The fourth-order valence-electron chi connectivity index (χ4n) is 4.00. The van der Waals surface area contributed by atoms with Crippen molar-refractivity contribution in [2.24, 2.45) is 0 Å². The van der Waals surface area contributed by atoms with Gasteiger partial charge in [-0.3, -0.25) is 9.89 Å². The predicted octanol–water partition coefficient (Wildman–Crippen LogP) is 4.48. The van der Waals surface area contributed by atoms with Crippen molar-refractivity contribution >= 4 is 23.2 Å². The van der Waals surface area contributed by atoms with Crippen molar-refractivity contribution in [3.05, 3.63) is 65.3 Å². The number of aromatic amines is 1. The van der Waals surface area contributed by atoms with E-state index in [1.165, 1.54) is 0 Å². The molecule has 0 radical (unpaired) electrons. The molecule has 1 aromatic heterocycles. The number of hydrogen-bond acceptors (Lipinski definition) is 4. The van der Waals surface area contributed by atoms with Gasteiger partial charge in [-0.05, 0) is 44.2 Å². The van der Waals surface area contributed by atoms with Crippen LogP contribution < -0.4 is 9.64 Å². The van der Waals surface area contributed by atoms with Crippen molar-refractivity contribution in [3.63, 3.8) is 0 Å². The SMILES string of the molecule is COc1ccccc1N1CCN(C(=O)c2cc(-c3ccc(Cl)cc3)n[nH]2)CC1(C)C. The first kappa shape index (κ1) is 20.3.